The van der Waals surface area contributed by atoms with Gasteiger partial charge in [0.2, 0.25) is 0 Å². The van der Waals surface area contributed by atoms with Crippen molar-refractivity contribution in [2.45, 2.75) is 13.8 Å². The Morgan fingerprint density at radius 1 is 0.659 bits per heavy atom. The van der Waals surface area contributed by atoms with Gasteiger partial charge < -0.3 is 14.2 Å². The standard InChI is InChI=1S/C33H30N4O4/c1-23-21-25(24(2)35(23)29-15-13-26(14-16-29)34-17-19-41-20-18-34)22-30-31(38)36(27-9-5-3-6-10-27)33(40)37(32(30)39)28-11-7-4-8-12-28/h3-16,21-22H,17-20H2,1-2H3. The van der Waals surface area contributed by atoms with E-state index in [1.807, 2.05) is 32.0 Å². The van der Waals surface area contributed by atoms with E-state index in [4.69, 9.17) is 4.74 Å². The monoisotopic (exact) mass is 546 g/mol. The number of urea groups is 1. The number of para-hydroxylation sites is 2. The van der Waals surface area contributed by atoms with Crippen molar-refractivity contribution in [3.8, 4) is 5.69 Å². The van der Waals surface area contributed by atoms with Crippen LogP contribution in [0, 0.1) is 13.8 Å². The molecule has 0 bridgehead atoms. The molecule has 3 aromatic carbocycles. The first-order chi connectivity index (χ1) is 19.9. The van der Waals surface area contributed by atoms with E-state index < -0.39 is 17.8 Å². The molecule has 41 heavy (non-hydrogen) atoms. The van der Waals surface area contributed by atoms with Gasteiger partial charge >= 0.3 is 6.03 Å². The molecule has 0 N–H and O–H groups in total. The summed E-state index contributed by atoms with van der Waals surface area (Å²) in [5.41, 5.74) is 5.40. The molecule has 2 saturated heterocycles. The lowest BCUT2D eigenvalue weighted by Crippen LogP contribution is -2.57. The van der Waals surface area contributed by atoms with Gasteiger partial charge in [0.1, 0.15) is 5.57 Å². The fourth-order valence-corrected chi connectivity index (χ4v) is 5.46. The van der Waals surface area contributed by atoms with Gasteiger partial charge in [-0.2, -0.15) is 0 Å². The molecule has 206 valence electrons. The molecule has 2 aliphatic rings. The van der Waals surface area contributed by atoms with Crippen molar-refractivity contribution < 1.29 is 19.1 Å². The highest BCUT2D eigenvalue weighted by molar-refractivity contribution is 6.46. The zero-order valence-corrected chi connectivity index (χ0v) is 23.0. The maximum Gasteiger partial charge on any atom is 0.343 e. The SMILES string of the molecule is Cc1cc(C=C2C(=O)N(c3ccccc3)C(=O)N(c3ccccc3)C2=O)c(C)n1-c1ccc(N2CCOCC2)cc1. The van der Waals surface area contributed by atoms with Gasteiger partial charge in [-0.1, -0.05) is 36.4 Å². The molecule has 1 aromatic heterocycles. The van der Waals surface area contributed by atoms with E-state index in [0.29, 0.717) is 11.4 Å². The highest BCUT2D eigenvalue weighted by atomic mass is 16.5. The van der Waals surface area contributed by atoms with E-state index in [2.05, 4.69) is 33.7 Å². The van der Waals surface area contributed by atoms with Crippen molar-refractivity contribution in [3.05, 3.63) is 114 Å². The number of benzene rings is 3. The van der Waals surface area contributed by atoms with Crippen molar-refractivity contribution in [2.24, 2.45) is 0 Å². The molecule has 3 heterocycles. The highest BCUT2D eigenvalue weighted by Crippen LogP contribution is 2.31. The van der Waals surface area contributed by atoms with Crippen molar-refractivity contribution in [1.82, 2.24) is 4.57 Å². The predicted octanol–water partition coefficient (Wildman–Crippen LogP) is 5.51. The minimum Gasteiger partial charge on any atom is -0.378 e. The van der Waals surface area contributed by atoms with Crippen molar-refractivity contribution >= 4 is 41.0 Å². The Bertz CT molecular complexity index is 1570. The fourth-order valence-electron chi connectivity index (χ4n) is 5.46. The Hall–Kier alpha value is -4.95. The Morgan fingerprint density at radius 3 is 1.71 bits per heavy atom. The summed E-state index contributed by atoms with van der Waals surface area (Å²) in [6.07, 6.45) is 1.60. The van der Waals surface area contributed by atoms with Crippen LogP contribution in [0.1, 0.15) is 17.0 Å². The molecule has 0 radical (unpaired) electrons. The zero-order chi connectivity index (χ0) is 28.5. The van der Waals surface area contributed by atoms with E-state index in [-0.39, 0.29) is 5.57 Å². The maximum atomic E-state index is 13.8. The summed E-state index contributed by atoms with van der Waals surface area (Å²) < 4.78 is 7.57. The van der Waals surface area contributed by atoms with Crippen LogP contribution in [0.3, 0.4) is 0 Å². The number of rotatable bonds is 5. The number of nitrogens with zero attached hydrogens (tertiary/aromatic N) is 4. The van der Waals surface area contributed by atoms with Gasteiger partial charge in [0.15, 0.2) is 0 Å². The number of hydrogen-bond acceptors (Lipinski definition) is 5. The molecule has 8 nitrogen and oxygen atoms in total. The Morgan fingerprint density at radius 2 is 1.17 bits per heavy atom. The highest BCUT2D eigenvalue weighted by Gasteiger charge is 2.43. The van der Waals surface area contributed by atoms with Crippen LogP contribution in [-0.4, -0.2) is 48.7 Å². The molecule has 4 aromatic rings. The first-order valence-corrected chi connectivity index (χ1v) is 13.6. The van der Waals surface area contributed by atoms with Gasteiger partial charge in [-0.15, -0.1) is 0 Å². The number of aromatic nitrogens is 1. The van der Waals surface area contributed by atoms with Crippen LogP contribution < -0.4 is 14.7 Å². The quantitative estimate of drug-likeness (QED) is 0.244. The van der Waals surface area contributed by atoms with E-state index in [9.17, 15) is 14.4 Å². The second-order valence-corrected chi connectivity index (χ2v) is 10.1. The third-order valence-corrected chi connectivity index (χ3v) is 7.53. The Kier molecular flexibility index (Phi) is 6.99. The lowest BCUT2D eigenvalue weighted by Gasteiger charge is -2.33. The molecule has 0 saturated carbocycles. The average molecular weight is 547 g/mol. The first-order valence-electron chi connectivity index (χ1n) is 13.6. The third-order valence-electron chi connectivity index (χ3n) is 7.53. The number of ether oxygens (including phenoxy) is 1. The number of amides is 4. The summed E-state index contributed by atoms with van der Waals surface area (Å²) in [6.45, 7) is 7.13. The van der Waals surface area contributed by atoms with E-state index in [0.717, 1.165) is 64.4 Å². The molecular weight excluding hydrogens is 516 g/mol. The van der Waals surface area contributed by atoms with Crippen molar-refractivity contribution in [2.75, 3.05) is 41.0 Å². The Balaban J connectivity index is 1.39. The lowest BCUT2D eigenvalue weighted by molar-refractivity contribution is -0.121. The summed E-state index contributed by atoms with van der Waals surface area (Å²) in [5, 5.41) is 0. The summed E-state index contributed by atoms with van der Waals surface area (Å²) in [5.74, 6) is -1.31. The largest absolute Gasteiger partial charge is 0.378 e. The number of hydrogen-bond donors (Lipinski definition) is 0. The molecule has 2 fully saturated rings. The number of imide groups is 2. The van der Waals surface area contributed by atoms with Crippen LogP contribution in [0.15, 0.2) is 96.6 Å². The second kappa shape index (κ2) is 10.9. The van der Waals surface area contributed by atoms with Crippen molar-refractivity contribution in [3.63, 3.8) is 0 Å². The number of carbonyl (C=O) groups excluding carboxylic acids is 3. The normalized spacial score (nSPS) is 16.0. The first kappa shape index (κ1) is 26.3. The minimum atomic E-state index is -0.708. The maximum absolute atomic E-state index is 13.8. The molecule has 6 rings (SSSR count). The fraction of sp³-hybridized carbons (Fsp3) is 0.182. The van der Waals surface area contributed by atoms with Crippen LogP contribution in [-0.2, 0) is 14.3 Å². The summed E-state index contributed by atoms with van der Waals surface area (Å²) >= 11 is 0. The molecule has 0 atom stereocenters. The van der Waals surface area contributed by atoms with Crippen LogP contribution in [0.2, 0.25) is 0 Å². The molecule has 4 amide bonds. The number of anilines is 3. The lowest BCUT2D eigenvalue weighted by atomic mass is 10.0. The molecule has 0 aliphatic carbocycles. The minimum absolute atomic E-state index is 0.0831. The van der Waals surface area contributed by atoms with Gasteiger partial charge in [-0.3, -0.25) is 9.59 Å². The van der Waals surface area contributed by atoms with Gasteiger partial charge in [-0.25, -0.2) is 14.6 Å². The average Bonchev–Trinajstić information content (AvgIpc) is 3.29. The Labute approximate surface area is 238 Å². The summed E-state index contributed by atoms with van der Waals surface area (Å²) in [6, 6.07) is 26.9. The third kappa shape index (κ3) is 4.83. The van der Waals surface area contributed by atoms with Gasteiger partial charge in [0.05, 0.1) is 24.6 Å². The van der Waals surface area contributed by atoms with Gasteiger partial charge in [0.25, 0.3) is 11.8 Å². The molecule has 0 unspecified atom stereocenters. The number of morpholine rings is 1. The van der Waals surface area contributed by atoms with Crippen LogP contribution in [0.5, 0.6) is 0 Å². The molecular formula is C33H30N4O4. The number of carbonyl (C=O) groups is 3. The smallest absolute Gasteiger partial charge is 0.343 e. The summed E-state index contributed by atoms with van der Waals surface area (Å²) in [7, 11) is 0. The van der Waals surface area contributed by atoms with Crippen molar-refractivity contribution in [1.29, 1.82) is 0 Å². The molecule has 2 aliphatic heterocycles. The van der Waals surface area contributed by atoms with E-state index in [1.54, 1.807) is 54.6 Å². The summed E-state index contributed by atoms with van der Waals surface area (Å²) in [4.78, 5) is 45.5. The molecule has 8 heteroatoms. The zero-order valence-electron chi connectivity index (χ0n) is 23.0. The van der Waals surface area contributed by atoms with Crippen LogP contribution in [0.4, 0.5) is 21.9 Å². The number of aryl methyl sites for hydroxylation is 1. The van der Waals surface area contributed by atoms with Crippen LogP contribution in [0.25, 0.3) is 11.8 Å². The van der Waals surface area contributed by atoms with Gasteiger partial charge in [0, 0.05) is 35.9 Å². The topological polar surface area (TPSA) is 75.1 Å². The second-order valence-electron chi connectivity index (χ2n) is 10.1. The predicted molar refractivity (Wildman–Crippen MR) is 160 cm³/mol. The number of barbiturate groups is 1. The van der Waals surface area contributed by atoms with E-state index >= 15 is 0 Å². The molecule has 0 spiro atoms. The van der Waals surface area contributed by atoms with Gasteiger partial charge in [-0.05, 0) is 80.1 Å². The van der Waals surface area contributed by atoms with E-state index in [1.165, 1.54) is 0 Å². The van der Waals surface area contributed by atoms with Crippen LogP contribution >= 0.6 is 0 Å².